The highest BCUT2D eigenvalue weighted by Crippen LogP contribution is 2.43. The Morgan fingerprint density at radius 3 is 1.74 bits per heavy atom. The summed E-state index contributed by atoms with van der Waals surface area (Å²) in [5.41, 5.74) is 0.884. The molecule has 1 unspecified atom stereocenters. The molecule has 0 radical (unpaired) electrons. The monoisotopic (exact) mass is 382 g/mol. The minimum atomic E-state index is -1.60. The second-order valence-electron chi connectivity index (χ2n) is 9.45. The summed E-state index contributed by atoms with van der Waals surface area (Å²) in [6.45, 7) is 15.6. The number of hydrogen-bond donors (Lipinski definition) is 0. The molecular formula is C22H31BO3Si. The highest BCUT2D eigenvalue weighted by molar-refractivity contribution is 6.86. The molecule has 0 saturated carbocycles. The first-order valence-electron chi connectivity index (χ1n) is 9.68. The van der Waals surface area contributed by atoms with Gasteiger partial charge in [0.1, 0.15) is 11.5 Å². The summed E-state index contributed by atoms with van der Waals surface area (Å²) in [4.78, 5) is 0. The molecule has 0 N–H and O–H groups in total. The molecule has 3 nitrogen and oxygen atoms in total. The van der Waals surface area contributed by atoms with Crippen molar-refractivity contribution in [2.45, 2.75) is 64.0 Å². The van der Waals surface area contributed by atoms with Gasteiger partial charge in [0.25, 0.3) is 0 Å². The smallest absolute Gasteiger partial charge is 0.457 e. The number of benzene rings is 2. The third-order valence-electron chi connectivity index (χ3n) is 5.69. The van der Waals surface area contributed by atoms with Gasteiger partial charge in [-0.05, 0) is 57.5 Å². The van der Waals surface area contributed by atoms with Crippen molar-refractivity contribution in [3.63, 3.8) is 0 Å². The van der Waals surface area contributed by atoms with Crippen molar-refractivity contribution >= 4 is 15.2 Å². The van der Waals surface area contributed by atoms with Gasteiger partial charge in [0.15, 0.2) is 0 Å². The molecule has 2 aromatic rings. The van der Waals surface area contributed by atoms with Gasteiger partial charge >= 0.3 is 7.12 Å². The largest absolute Gasteiger partial charge is 0.462 e. The minimum Gasteiger partial charge on any atom is -0.457 e. The standard InChI is InChI=1S/C22H31BO3Si/c1-21(2)22(3,4)26-23(25-21)20(27(5,6)7)17-13-15-19(16-14-17)24-18-11-9-8-10-12-18/h8-16,20H,1-7H3. The summed E-state index contributed by atoms with van der Waals surface area (Å²) in [6, 6.07) is 18.3. The maximum atomic E-state index is 6.41. The first-order valence-corrected chi connectivity index (χ1v) is 13.3. The van der Waals surface area contributed by atoms with Gasteiger partial charge in [0, 0.05) is 5.44 Å². The zero-order valence-electron chi connectivity index (χ0n) is 17.6. The van der Waals surface area contributed by atoms with E-state index >= 15 is 0 Å². The number of para-hydroxylation sites is 1. The second-order valence-corrected chi connectivity index (χ2v) is 14.8. The molecule has 3 rings (SSSR count). The molecule has 0 aliphatic carbocycles. The van der Waals surface area contributed by atoms with Gasteiger partial charge in [-0.15, -0.1) is 0 Å². The van der Waals surface area contributed by atoms with E-state index in [1.165, 1.54) is 5.56 Å². The predicted molar refractivity (Wildman–Crippen MR) is 115 cm³/mol. The van der Waals surface area contributed by atoms with Crippen LogP contribution in [0.15, 0.2) is 54.6 Å². The quantitative estimate of drug-likeness (QED) is 0.587. The van der Waals surface area contributed by atoms with E-state index in [9.17, 15) is 0 Å². The summed E-state index contributed by atoms with van der Waals surface area (Å²) < 4.78 is 18.8. The van der Waals surface area contributed by atoms with Crippen molar-refractivity contribution in [1.82, 2.24) is 0 Å². The third-order valence-corrected chi connectivity index (χ3v) is 8.17. The van der Waals surface area contributed by atoms with Crippen LogP contribution in [0.3, 0.4) is 0 Å². The molecule has 0 aromatic heterocycles. The lowest BCUT2D eigenvalue weighted by Crippen LogP contribution is -2.43. The topological polar surface area (TPSA) is 27.7 Å². The molecule has 27 heavy (non-hydrogen) atoms. The maximum absolute atomic E-state index is 6.41. The van der Waals surface area contributed by atoms with Gasteiger partial charge in [-0.25, -0.2) is 0 Å². The molecule has 0 amide bonds. The van der Waals surface area contributed by atoms with Gasteiger partial charge in [-0.2, -0.15) is 0 Å². The van der Waals surface area contributed by atoms with Crippen LogP contribution in [0.4, 0.5) is 0 Å². The molecule has 1 aliphatic rings. The molecule has 144 valence electrons. The Hall–Kier alpha value is -1.56. The molecule has 1 fully saturated rings. The minimum absolute atomic E-state index is 0.220. The van der Waals surface area contributed by atoms with Gasteiger partial charge in [-0.1, -0.05) is 50.0 Å². The van der Waals surface area contributed by atoms with Crippen molar-refractivity contribution in [2.24, 2.45) is 0 Å². The van der Waals surface area contributed by atoms with Crippen molar-refractivity contribution in [3.05, 3.63) is 60.2 Å². The van der Waals surface area contributed by atoms with Crippen LogP contribution in [0.2, 0.25) is 19.6 Å². The van der Waals surface area contributed by atoms with Crippen LogP contribution < -0.4 is 4.74 Å². The van der Waals surface area contributed by atoms with Crippen LogP contribution in [-0.2, 0) is 9.31 Å². The fourth-order valence-electron chi connectivity index (χ4n) is 3.46. The normalized spacial score (nSPS) is 19.7. The van der Waals surface area contributed by atoms with Crippen LogP contribution in [0, 0.1) is 0 Å². The van der Waals surface area contributed by atoms with Crippen molar-refractivity contribution in [1.29, 1.82) is 0 Å². The Labute approximate surface area is 165 Å². The van der Waals surface area contributed by atoms with E-state index in [-0.39, 0.29) is 23.8 Å². The zero-order chi connectivity index (χ0) is 19.9. The Morgan fingerprint density at radius 2 is 1.26 bits per heavy atom. The Kier molecular flexibility index (Phi) is 5.32. The van der Waals surface area contributed by atoms with Gasteiger partial charge in [-0.3, -0.25) is 0 Å². The summed E-state index contributed by atoms with van der Waals surface area (Å²) in [5.74, 6) is 1.69. The fraction of sp³-hybridized carbons (Fsp3) is 0.455. The molecule has 1 atom stereocenters. The first kappa shape index (κ1) is 20.2. The predicted octanol–water partition coefficient (Wildman–Crippen LogP) is 6.07. The maximum Gasteiger partial charge on any atom is 0.462 e. The number of rotatable bonds is 5. The highest BCUT2D eigenvalue weighted by atomic mass is 28.3. The molecule has 5 heteroatoms. The van der Waals surface area contributed by atoms with Crippen LogP contribution in [0.5, 0.6) is 11.5 Å². The molecule has 2 aromatic carbocycles. The van der Waals surface area contributed by atoms with Crippen LogP contribution in [0.25, 0.3) is 0 Å². The van der Waals surface area contributed by atoms with E-state index in [2.05, 4.69) is 59.5 Å². The summed E-state index contributed by atoms with van der Waals surface area (Å²) in [6.07, 6.45) is 0. The molecule has 0 spiro atoms. The lowest BCUT2D eigenvalue weighted by atomic mass is 9.79. The van der Waals surface area contributed by atoms with E-state index < -0.39 is 8.07 Å². The van der Waals surface area contributed by atoms with Crippen molar-refractivity contribution < 1.29 is 14.0 Å². The fourth-order valence-corrected chi connectivity index (χ4v) is 5.60. The molecular weight excluding hydrogens is 351 g/mol. The Bertz CT molecular complexity index is 750. The summed E-state index contributed by atoms with van der Waals surface area (Å²) in [7, 11) is -1.82. The molecule has 1 saturated heterocycles. The molecule has 0 bridgehead atoms. The average molecular weight is 382 g/mol. The van der Waals surface area contributed by atoms with E-state index in [4.69, 9.17) is 14.0 Å². The summed E-state index contributed by atoms with van der Waals surface area (Å²) in [5, 5.41) is 0. The van der Waals surface area contributed by atoms with E-state index in [1.807, 2.05) is 42.5 Å². The molecule has 1 aliphatic heterocycles. The average Bonchev–Trinajstić information content (AvgIpc) is 2.76. The van der Waals surface area contributed by atoms with Crippen LogP contribution in [-0.4, -0.2) is 26.4 Å². The highest BCUT2D eigenvalue weighted by Gasteiger charge is 2.56. The van der Waals surface area contributed by atoms with Crippen LogP contribution >= 0.6 is 0 Å². The number of hydrogen-bond acceptors (Lipinski definition) is 3. The summed E-state index contributed by atoms with van der Waals surface area (Å²) >= 11 is 0. The molecule has 1 heterocycles. The van der Waals surface area contributed by atoms with E-state index in [0.717, 1.165) is 11.5 Å². The third kappa shape index (κ3) is 4.31. The van der Waals surface area contributed by atoms with Gasteiger partial charge in [0.05, 0.1) is 19.3 Å². The Morgan fingerprint density at radius 1 is 0.778 bits per heavy atom. The van der Waals surface area contributed by atoms with Crippen LogP contribution in [0.1, 0.15) is 38.7 Å². The lowest BCUT2D eigenvalue weighted by molar-refractivity contribution is 0.00578. The van der Waals surface area contributed by atoms with E-state index in [1.54, 1.807) is 0 Å². The van der Waals surface area contributed by atoms with Crippen molar-refractivity contribution in [2.75, 3.05) is 0 Å². The second kappa shape index (κ2) is 7.12. The first-order chi connectivity index (χ1) is 12.5. The van der Waals surface area contributed by atoms with Crippen molar-refractivity contribution in [3.8, 4) is 11.5 Å². The zero-order valence-corrected chi connectivity index (χ0v) is 18.6. The van der Waals surface area contributed by atoms with E-state index in [0.29, 0.717) is 0 Å². The van der Waals surface area contributed by atoms with Gasteiger partial charge < -0.3 is 14.0 Å². The van der Waals surface area contributed by atoms with Gasteiger partial charge in [0.2, 0.25) is 0 Å². The SMILES string of the molecule is CC1(C)OB(C(c2ccc(Oc3ccccc3)cc2)[Si](C)(C)C)OC1(C)C. The Balaban J connectivity index is 1.84. The lowest BCUT2D eigenvalue weighted by Gasteiger charge is -2.32. The number of ether oxygens (including phenoxy) is 1.